The lowest BCUT2D eigenvalue weighted by Gasteiger charge is -2.09. The maximum absolute atomic E-state index is 12.3. The molecule has 1 heterocycles. The standard InChI is InChI=1S/C20H19ClN4O3/c1-3-18-24-19(25-28-18)13-4-6-14(7-5-13)20(27)22-11-17(26)23-16-9-8-15(21)10-12(16)2/h4-10H,3,11H2,1-2H3,(H,22,27)(H,23,26). The topological polar surface area (TPSA) is 97.1 Å². The van der Waals surface area contributed by atoms with E-state index in [2.05, 4.69) is 20.8 Å². The molecule has 3 rings (SSSR count). The second kappa shape index (κ2) is 8.67. The third-order valence-electron chi connectivity index (χ3n) is 4.05. The average Bonchev–Trinajstić information content (AvgIpc) is 3.18. The molecule has 2 N–H and O–H groups in total. The van der Waals surface area contributed by atoms with Crippen molar-refractivity contribution in [3.05, 3.63) is 64.5 Å². The van der Waals surface area contributed by atoms with Gasteiger partial charge in [0.15, 0.2) is 0 Å². The van der Waals surface area contributed by atoms with Gasteiger partial charge < -0.3 is 15.2 Å². The number of anilines is 1. The van der Waals surface area contributed by atoms with Crippen molar-refractivity contribution in [1.29, 1.82) is 0 Å². The first-order chi connectivity index (χ1) is 13.5. The smallest absolute Gasteiger partial charge is 0.251 e. The van der Waals surface area contributed by atoms with Crippen LogP contribution in [0.25, 0.3) is 11.4 Å². The fraction of sp³-hybridized carbons (Fsp3) is 0.200. The molecular weight excluding hydrogens is 380 g/mol. The second-order valence-corrected chi connectivity index (χ2v) is 6.57. The van der Waals surface area contributed by atoms with E-state index in [1.165, 1.54) is 0 Å². The van der Waals surface area contributed by atoms with Crippen LogP contribution in [0.1, 0.15) is 28.7 Å². The van der Waals surface area contributed by atoms with E-state index < -0.39 is 0 Å². The summed E-state index contributed by atoms with van der Waals surface area (Å²) < 4.78 is 5.08. The Morgan fingerprint density at radius 1 is 1.14 bits per heavy atom. The van der Waals surface area contributed by atoms with Crippen molar-refractivity contribution in [2.45, 2.75) is 20.3 Å². The molecule has 0 aliphatic carbocycles. The summed E-state index contributed by atoms with van der Waals surface area (Å²) in [6, 6.07) is 11.9. The Hall–Kier alpha value is -3.19. The van der Waals surface area contributed by atoms with Gasteiger partial charge in [0.05, 0.1) is 6.54 Å². The minimum absolute atomic E-state index is 0.145. The lowest BCUT2D eigenvalue weighted by Crippen LogP contribution is -2.32. The van der Waals surface area contributed by atoms with Gasteiger partial charge in [-0.05, 0) is 42.8 Å². The molecule has 0 unspecified atom stereocenters. The van der Waals surface area contributed by atoms with Crippen molar-refractivity contribution in [2.75, 3.05) is 11.9 Å². The zero-order chi connectivity index (χ0) is 20.1. The van der Waals surface area contributed by atoms with Crippen LogP contribution in [0.5, 0.6) is 0 Å². The van der Waals surface area contributed by atoms with Crippen LogP contribution in [-0.2, 0) is 11.2 Å². The van der Waals surface area contributed by atoms with Crippen LogP contribution in [0.2, 0.25) is 5.02 Å². The monoisotopic (exact) mass is 398 g/mol. The summed E-state index contributed by atoms with van der Waals surface area (Å²) in [6.07, 6.45) is 0.658. The van der Waals surface area contributed by atoms with Gasteiger partial charge in [0.1, 0.15) is 0 Å². The number of nitrogens with one attached hydrogen (secondary N) is 2. The van der Waals surface area contributed by atoms with Crippen LogP contribution in [0.4, 0.5) is 5.69 Å². The van der Waals surface area contributed by atoms with Crippen molar-refractivity contribution in [3.8, 4) is 11.4 Å². The Morgan fingerprint density at radius 3 is 2.54 bits per heavy atom. The highest BCUT2D eigenvalue weighted by Gasteiger charge is 2.11. The molecule has 144 valence electrons. The molecule has 0 fully saturated rings. The third kappa shape index (κ3) is 4.75. The van der Waals surface area contributed by atoms with Crippen molar-refractivity contribution < 1.29 is 14.1 Å². The van der Waals surface area contributed by atoms with Crippen molar-refractivity contribution in [1.82, 2.24) is 15.5 Å². The van der Waals surface area contributed by atoms with Gasteiger partial charge in [-0.1, -0.05) is 35.8 Å². The van der Waals surface area contributed by atoms with E-state index in [9.17, 15) is 9.59 Å². The molecule has 2 aromatic carbocycles. The number of carbonyl (C=O) groups is 2. The van der Waals surface area contributed by atoms with E-state index in [1.54, 1.807) is 42.5 Å². The summed E-state index contributed by atoms with van der Waals surface area (Å²) in [5.74, 6) is 0.353. The Labute approximate surface area is 167 Å². The van der Waals surface area contributed by atoms with E-state index >= 15 is 0 Å². The largest absolute Gasteiger partial charge is 0.343 e. The normalized spacial score (nSPS) is 10.5. The van der Waals surface area contributed by atoms with Gasteiger partial charge in [-0.3, -0.25) is 9.59 Å². The van der Waals surface area contributed by atoms with Crippen LogP contribution in [0, 0.1) is 6.92 Å². The lowest BCUT2D eigenvalue weighted by atomic mass is 10.1. The van der Waals surface area contributed by atoms with Gasteiger partial charge in [-0.2, -0.15) is 4.98 Å². The van der Waals surface area contributed by atoms with Crippen LogP contribution in [-0.4, -0.2) is 28.5 Å². The molecule has 8 heteroatoms. The summed E-state index contributed by atoms with van der Waals surface area (Å²) in [7, 11) is 0. The van der Waals surface area contributed by atoms with Gasteiger partial charge in [-0.15, -0.1) is 0 Å². The summed E-state index contributed by atoms with van der Waals surface area (Å²) in [6.45, 7) is 3.62. The average molecular weight is 399 g/mol. The number of halogens is 1. The molecule has 0 saturated heterocycles. The first-order valence-electron chi connectivity index (χ1n) is 8.73. The molecule has 0 atom stereocenters. The number of amides is 2. The molecule has 0 radical (unpaired) electrons. The maximum Gasteiger partial charge on any atom is 0.251 e. The maximum atomic E-state index is 12.3. The van der Waals surface area contributed by atoms with Crippen molar-refractivity contribution >= 4 is 29.1 Å². The molecule has 3 aromatic rings. The Kier molecular flexibility index (Phi) is 6.06. The fourth-order valence-corrected chi connectivity index (χ4v) is 2.74. The number of hydrogen-bond acceptors (Lipinski definition) is 5. The van der Waals surface area contributed by atoms with Gasteiger partial charge in [0.2, 0.25) is 17.6 Å². The predicted octanol–water partition coefficient (Wildman–Crippen LogP) is 3.63. The lowest BCUT2D eigenvalue weighted by molar-refractivity contribution is -0.115. The highest BCUT2D eigenvalue weighted by atomic mass is 35.5. The summed E-state index contributed by atoms with van der Waals surface area (Å²) in [5, 5.41) is 9.83. The number of carbonyl (C=O) groups excluding carboxylic acids is 2. The fourth-order valence-electron chi connectivity index (χ4n) is 2.51. The predicted molar refractivity (Wildman–Crippen MR) is 106 cm³/mol. The molecule has 2 amide bonds. The molecule has 0 spiro atoms. The zero-order valence-electron chi connectivity index (χ0n) is 15.5. The highest BCUT2D eigenvalue weighted by Crippen LogP contribution is 2.19. The second-order valence-electron chi connectivity index (χ2n) is 6.13. The molecule has 0 bridgehead atoms. The number of rotatable bonds is 6. The third-order valence-corrected chi connectivity index (χ3v) is 4.28. The zero-order valence-corrected chi connectivity index (χ0v) is 16.2. The number of hydrogen-bond donors (Lipinski definition) is 2. The molecular formula is C20H19ClN4O3. The minimum atomic E-state index is -0.350. The molecule has 0 aliphatic rings. The van der Waals surface area contributed by atoms with Gasteiger partial charge in [0, 0.05) is 28.3 Å². The molecule has 7 nitrogen and oxygen atoms in total. The molecule has 0 saturated carbocycles. The SMILES string of the molecule is CCc1nc(-c2ccc(C(=O)NCC(=O)Nc3ccc(Cl)cc3C)cc2)no1. The van der Waals surface area contributed by atoms with Crippen LogP contribution < -0.4 is 10.6 Å². The highest BCUT2D eigenvalue weighted by molar-refractivity contribution is 6.30. The number of aryl methyl sites for hydroxylation is 2. The number of aromatic nitrogens is 2. The molecule has 28 heavy (non-hydrogen) atoms. The van der Waals surface area contributed by atoms with Gasteiger partial charge >= 0.3 is 0 Å². The summed E-state index contributed by atoms with van der Waals surface area (Å²) in [4.78, 5) is 28.6. The van der Waals surface area contributed by atoms with Gasteiger partial charge in [-0.25, -0.2) is 0 Å². The Balaban J connectivity index is 1.56. The van der Waals surface area contributed by atoms with Crippen LogP contribution in [0.3, 0.4) is 0 Å². The van der Waals surface area contributed by atoms with Gasteiger partial charge in [0.25, 0.3) is 5.91 Å². The van der Waals surface area contributed by atoms with E-state index in [1.807, 2.05) is 13.8 Å². The molecule has 0 aliphatic heterocycles. The van der Waals surface area contributed by atoms with Crippen molar-refractivity contribution in [2.24, 2.45) is 0 Å². The summed E-state index contributed by atoms with van der Waals surface area (Å²) in [5.41, 5.74) is 2.67. The first kappa shape index (κ1) is 19.6. The number of nitrogens with zero attached hydrogens (tertiary/aromatic N) is 2. The van der Waals surface area contributed by atoms with E-state index in [0.29, 0.717) is 34.4 Å². The Bertz CT molecular complexity index is 999. The first-order valence-corrected chi connectivity index (χ1v) is 9.11. The van der Waals surface area contributed by atoms with Crippen LogP contribution >= 0.6 is 11.6 Å². The van der Waals surface area contributed by atoms with E-state index in [0.717, 1.165) is 11.1 Å². The van der Waals surface area contributed by atoms with Crippen molar-refractivity contribution in [3.63, 3.8) is 0 Å². The van der Waals surface area contributed by atoms with Crippen LogP contribution in [0.15, 0.2) is 47.0 Å². The number of benzene rings is 2. The quantitative estimate of drug-likeness (QED) is 0.660. The Morgan fingerprint density at radius 2 is 1.89 bits per heavy atom. The van der Waals surface area contributed by atoms with E-state index in [4.69, 9.17) is 16.1 Å². The van der Waals surface area contributed by atoms with E-state index in [-0.39, 0.29) is 18.4 Å². The minimum Gasteiger partial charge on any atom is -0.343 e. The summed E-state index contributed by atoms with van der Waals surface area (Å²) >= 11 is 5.90. The molecule has 1 aromatic heterocycles.